The molecule has 0 radical (unpaired) electrons. The number of hydrogen-bond donors (Lipinski definition) is 1. The highest BCUT2D eigenvalue weighted by Crippen LogP contribution is 2.37. The van der Waals surface area contributed by atoms with Crippen LogP contribution in [0.25, 0.3) is 0 Å². The standard InChI is InChI=1S/C12H19ClN4/c1-8-11(13)12(14)17(15-8)10-5-7-16-6-3-2-4-9(10)16/h9-10H,2-7,14H2,1H3. The fourth-order valence-electron chi connectivity index (χ4n) is 3.30. The summed E-state index contributed by atoms with van der Waals surface area (Å²) in [7, 11) is 0. The molecule has 2 aliphatic rings. The van der Waals surface area contributed by atoms with Gasteiger partial charge in [0.15, 0.2) is 0 Å². The van der Waals surface area contributed by atoms with Gasteiger partial charge in [-0.05, 0) is 32.7 Å². The van der Waals surface area contributed by atoms with E-state index in [0.29, 0.717) is 22.9 Å². The fourth-order valence-corrected chi connectivity index (χ4v) is 3.43. The third-order valence-electron chi connectivity index (χ3n) is 4.18. The lowest BCUT2D eigenvalue weighted by atomic mass is 9.99. The molecule has 2 aliphatic heterocycles. The Labute approximate surface area is 107 Å². The molecule has 2 saturated heterocycles. The molecule has 0 bridgehead atoms. The number of piperidine rings is 1. The summed E-state index contributed by atoms with van der Waals surface area (Å²) in [5.74, 6) is 0.640. The van der Waals surface area contributed by atoms with E-state index in [4.69, 9.17) is 17.3 Å². The van der Waals surface area contributed by atoms with Gasteiger partial charge in [-0.15, -0.1) is 0 Å². The number of halogens is 1. The summed E-state index contributed by atoms with van der Waals surface area (Å²) in [6, 6.07) is 1.03. The molecule has 2 atom stereocenters. The van der Waals surface area contributed by atoms with Crippen LogP contribution in [0.5, 0.6) is 0 Å². The minimum Gasteiger partial charge on any atom is -0.383 e. The first-order valence-electron chi connectivity index (χ1n) is 6.42. The van der Waals surface area contributed by atoms with E-state index in [-0.39, 0.29) is 0 Å². The van der Waals surface area contributed by atoms with Gasteiger partial charge >= 0.3 is 0 Å². The number of rotatable bonds is 1. The Morgan fingerprint density at radius 3 is 2.76 bits per heavy atom. The molecule has 4 nitrogen and oxygen atoms in total. The van der Waals surface area contributed by atoms with Gasteiger partial charge in [0.2, 0.25) is 0 Å². The average Bonchev–Trinajstić information content (AvgIpc) is 2.86. The molecule has 3 heterocycles. The van der Waals surface area contributed by atoms with Crippen molar-refractivity contribution in [1.82, 2.24) is 14.7 Å². The third-order valence-corrected chi connectivity index (χ3v) is 4.65. The number of aryl methyl sites for hydroxylation is 1. The molecule has 2 N–H and O–H groups in total. The lowest BCUT2D eigenvalue weighted by Crippen LogP contribution is -2.38. The smallest absolute Gasteiger partial charge is 0.141 e. The highest BCUT2D eigenvalue weighted by molar-refractivity contribution is 6.33. The predicted octanol–water partition coefficient (Wildman–Crippen LogP) is 2.23. The highest BCUT2D eigenvalue weighted by Gasteiger charge is 2.38. The van der Waals surface area contributed by atoms with E-state index in [0.717, 1.165) is 12.1 Å². The van der Waals surface area contributed by atoms with Crippen molar-refractivity contribution in [3.63, 3.8) is 0 Å². The molecule has 0 saturated carbocycles. The van der Waals surface area contributed by atoms with E-state index in [1.54, 1.807) is 0 Å². The molecule has 5 heteroatoms. The number of aromatic nitrogens is 2. The minimum absolute atomic E-state index is 0.418. The third kappa shape index (κ3) is 1.74. The first-order chi connectivity index (χ1) is 8.18. The van der Waals surface area contributed by atoms with Crippen molar-refractivity contribution in [3.8, 4) is 0 Å². The molecule has 1 aromatic heterocycles. The second-order valence-electron chi connectivity index (χ2n) is 5.18. The number of nitrogens with zero attached hydrogens (tertiary/aromatic N) is 3. The topological polar surface area (TPSA) is 47.1 Å². The van der Waals surface area contributed by atoms with Crippen LogP contribution in [-0.4, -0.2) is 33.8 Å². The zero-order valence-electron chi connectivity index (χ0n) is 10.2. The SMILES string of the molecule is Cc1nn(C2CCN3CCCCC23)c(N)c1Cl. The Hall–Kier alpha value is -0.740. The minimum atomic E-state index is 0.418. The lowest BCUT2D eigenvalue weighted by Gasteiger charge is -2.32. The molecule has 0 aromatic carbocycles. The van der Waals surface area contributed by atoms with E-state index in [1.807, 2.05) is 11.6 Å². The van der Waals surface area contributed by atoms with Crippen LogP contribution < -0.4 is 5.73 Å². The van der Waals surface area contributed by atoms with E-state index >= 15 is 0 Å². The van der Waals surface area contributed by atoms with Crippen molar-refractivity contribution >= 4 is 17.4 Å². The van der Waals surface area contributed by atoms with Crippen molar-refractivity contribution in [2.75, 3.05) is 18.8 Å². The summed E-state index contributed by atoms with van der Waals surface area (Å²) >= 11 is 6.13. The number of nitrogen functional groups attached to an aromatic ring is 1. The Morgan fingerprint density at radius 2 is 2.06 bits per heavy atom. The van der Waals surface area contributed by atoms with Gasteiger partial charge in [-0.25, -0.2) is 4.68 Å². The maximum Gasteiger partial charge on any atom is 0.141 e. The molecule has 2 unspecified atom stereocenters. The monoisotopic (exact) mass is 254 g/mol. The van der Waals surface area contributed by atoms with Crippen LogP contribution >= 0.6 is 11.6 Å². The van der Waals surface area contributed by atoms with Crippen molar-refractivity contribution in [1.29, 1.82) is 0 Å². The normalized spacial score (nSPS) is 29.5. The number of nitrogens with two attached hydrogens (primary N) is 1. The van der Waals surface area contributed by atoms with E-state index in [9.17, 15) is 0 Å². The van der Waals surface area contributed by atoms with Crippen LogP contribution in [0, 0.1) is 6.92 Å². The van der Waals surface area contributed by atoms with Crippen molar-refractivity contribution in [3.05, 3.63) is 10.7 Å². The molecular weight excluding hydrogens is 236 g/mol. The number of hydrogen-bond acceptors (Lipinski definition) is 3. The first-order valence-corrected chi connectivity index (χ1v) is 6.80. The Morgan fingerprint density at radius 1 is 1.24 bits per heavy atom. The quantitative estimate of drug-likeness (QED) is 0.836. The highest BCUT2D eigenvalue weighted by atomic mass is 35.5. The zero-order chi connectivity index (χ0) is 12.0. The number of anilines is 1. The Bertz CT molecular complexity index is 428. The van der Waals surface area contributed by atoms with Gasteiger partial charge in [-0.3, -0.25) is 4.90 Å². The van der Waals surface area contributed by atoms with Crippen molar-refractivity contribution in [2.45, 2.75) is 44.7 Å². The van der Waals surface area contributed by atoms with Crippen LogP contribution in [0.4, 0.5) is 5.82 Å². The lowest BCUT2D eigenvalue weighted by molar-refractivity contribution is 0.170. The molecule has 94 valence electrons. The summed E-state index contributed by atoms with van der Waals surface area (Å²) in [6.07, 6.45) is 5.07. The molecule has 3 rings (SSSR count). The zero-order valence-corrected chi connectivity index (χ0v) is 11.0. The van der Waals surface area contributed by atoms with Crippen LogP contribution in [0.15, 0.2) is 0 Å². The second kappa shape index (κ2) is 4.18. The van der Waals surface area contributed by atoms with E-state index in [1.165, 1.54) is 32.4 Å². The van der Waals surface area contributed by atoms with E-state index < -0.39 is 0 Å². The van der Waals surface area contributed by atoms with Gasteiger partial charge < -0.3 is 5.73 Å². The van der Waals surface area contributed by atoms with Gasteiger partial charge in [0.25, 0.3) is 0 Å². The van der Waals surface area contributed by atoms with Gasteiger partial charge in [0, 0.05) is 12.6 Å². The molecule has 0 aliphatic carbocycles. The van der Waals surface area contributed by atoms with Gasteiger partial charge in [-0.1, -0.05) is 18.0 Å². The summed E-state index contributed by atoms with van der Waals surface area (Å²) < 4.78 is 1.97. The van der Waals surface area contributed by atoms with Gasteiger partial charge in [0.05, 0.1) is 11.7 Å². The molecular formula is C12H19ClN4. The molecule has 2 fully saturated rings. The average molecular weight is 255 g/mol. The van der Waals surface area contributed by atoms with Crippen molar-refractivity contribution < 1.29 is 0 Å². The summed E-state index contributed by atoms with van der Waals surface area (Å²) in [5.41, 5.74) is 6.90. The summed E-state index contributed by atoms with van der Waals surface area (Å²) in [4.78, 5) is 2.58. The summed E-state index contributed by atoms with van der Waals surface area (Å²) in [5, 5.41) is 5.14. The Kier molecular flexibility index (Phi) is 2.79. The fraction of sp³-hybridized carbons (Fsp3) is 0.750. The maximum absolute atomic E-state index is 6.13. The van der Waals surface area contributed by atoms with Crippen LogP contribution in [0.2, 0.25) is 5.02 Å². The maximum atomic E-state index is 6.13. The van der Waals surface area contributed by atoms with Crippen LogP contribution in [0.1, 0.15) is 37.4 Å². The molecule has 0 amide bonds. The molecule has 1 aromatic rings. The Balaban J connectivity index is 1.91. The van der Waals surface area contributed by atoms with E-state index in [2.05, 4.69) is 10.00 Å². The largest absolute Gasteiger partial charge is 0.383 e. The van der Waals surface area contributed by atoms with Gasteiger partial charge in [-0.2, -0.15) is 5.10 Å². The van der Waals surface area contributed by atoms with Crippen LogP contribution in [-0.2, 0) is 0 Å². The number of fused-ring (bicyclic) bond motifs is 1. The second-order valence-corrected chi connectivity index (χ2v) is 5.56. The predicted molar refractivity (Wildman–Crippen MR) is 69.3 cm³/mol. The molecule has 17 heavy (non-hydrogen) atoms. The van der Waals surface area contributed by atoms with Gasteiger partial charge in [0.1, 0.15) is 10.8 Å². The van der Waals surface area contributed by atoms with Crippen LogP contribution in [0.3, 0.4) is 0 Å². The molecule has 0 spiro atoms. The summed E-state index contributed by atoms with van der Waals surface area (Å²) in [6.45, 7) is 4.32. The first kappa shape index (κ1) is 11.4. The van der Waals surface area contributed by atoms with Crippen molar-refractivity contribution in [2.24, 2.45) is 0 Å².